The van der Waals surface area contributed by atoms with Crippen LogP contribution in [0.2, 0.25) is 0 Å². The van der Waals surface area contributed by atoms with Gasteiger partial charge in [-0.25, -0.2) is 8.42 Å². The van der Waals surface area contributed by atoms with Crippen LogP contribution in [-0.4, -0.2) is 29.3 Å². The average molecular weight is 449 g/mol. The van der Waals surface area contributed by atoms with Gasteiger partial charge in [-0.05, 0) is 47.7 Å². The van der Waals surface area contributed by atoms with Gasteiger partial charge in [-0.3, -0.25) is 9.78 Å². The van der Waals surface area contributed by atoms with Crippen LogP contribution in [0.1, 0.15) is 29.2 Å². The van der Waals surface area contributed by atoms with Gasteiger partial charge in [-0.15, -0.1) is 0 Å². The number of aromatic nitrogens is 2. The summed E-state index contributed by atoms with van der Waals surface area (Å²) in [5, 5.41) is 10.7. The van der Waals surface area contributed by atoms with Crippen molar-refractivity contribution >= 4 is 20.9 Å². The molecule has 0 fully saturated rings. The van der Waals surface area contributed by atoms with Crippen LogP contribution in [0.25, 0.3) is 11.0 Å². The van der Waals surface area contributed by atoms with Crippen LogP contribution in [-0.2, 0) is 29.2 Å². The van der Waals surface area contributed by atoms with Crippen molar-refractivity contribution in [1.29, 1.82) is 0 Å². The molecular formula is C25H24N2O4S. The van der Waals surface area contributed by atoms with E-state index in [1.54, 1.807) is 22.9 Å². The second kappa shape index (κ2) is 8.59. The first kappa shape index (κ1) is 21.8. The number of benzene rings is 2. The van der Waals surface area contributed by atoms with Gasteiger partial charge < -0.3 is 9.67 Å². The molecule has 0 aliphatic carbocycles. The topological polar surface area (TPSA) is 89.3 Å². The number of aromatic hydroxyl groups is 1. The van der Waals surface area contributed by atoms with E-state index >= 15 is 0 Å². The van der Waals surface area contributed by atoms with E-state index in [-0.39, 0.29) is 22.7 Å². The Hall–Kier alpha value is -3.45. The van der Waals surface area contributed by atoms with Crippen molar-refractivity contribution < 1.29 is 13.5 Å². The average Bonchev–Trinajstić information content (AvgIpc) is 2.77. The van der Waals surface area contributed by atoms with Crippen LogP contribution in [0, 0.1) is 0 Å². The lowest BCUT2D eigenvalue weighted by molar-refractivity contribution is 0.470. The molecule has 0 saturated heterocycles. The summed E-state index contributed by atoms with van der Waals surface area (Å²) in [5.41, 5.74) is 3.79. The third kappa shape index (κ3) is 4.29. The van der Waals surface area contributed by atoms with Crippen molar-refractivity contribution in [2.24, 2.45) is 0 Å². The van der Waals surface area contributed by atoms with Crippen molar-refractivity contribution in [1.82, 2.24) is 9.55 Å². The third-order valence-electron chi connectivity index (χ3n) is 5.53. The Morgan fingerprint density at radius 1 is 0.969 bits per heavy atom. The van der Waals surface area contributed by atoms with Crippen molar-refractivity contribution in [3.8, 4) is 5.75 Å². The molecule has 6 nitrogen and oxygen atoms in total. The molecule has 0 aliphatic heterocycles. The number of pyridine rings is 2. The second-order valence-electron chi connectivity index (χ2n) is 7.86. The minimum Gasteiger partial charge on any atom is -0.505 e. The highest BCUT2D eigenvalue weighted by Crippen LogP contribution is 2.27. The lowest BCUT2D eigenvalue weighted by Gasteiger charge is -2.15. The van der Waals surface area contributed by atoms with Crippen LogP contribution in [0.3, 0.4) is 0 Å². The van der Waals surface area contributed by atoms with Crippen molar-refractivity contribution in [2.75, 3.05) is 6.26 Å². The molecule has 0 atom stereocenters. The van der Waals surface area contributed by atoms with Gasteiger partial charge in [-0.2, -0.15) is 0 Å². The Morgan fingerprint density at radius 3 is 2.28 bits per heavy atom. The molecule has 0 bridgehead atoms. The van der Waals surface area contributed by atoms with E-state index in [0.717, 1.165) is 22.9 Å². The predicted octanol–water partition coefficient (Wildman–Crippen LogP) is 3.71. The molecular weight excluding hydrogens is 424 g/mol. The molecule has 2 aromatic carbocycles. The summed E-state index contributed by atoms with van der Waals surface area (Å²) in [4.78, 5) is 17.9. The summed E-state index contributed by atoms with van der Waals surface area (Å²) in [7, 11) is -3.30. The van der Waals surface area contributed by atoms with Gasteiger partial charge in [0, 0.05) is 12.5 Å². The summed E-state index contributed by atoms with van der Waals surface area (Å²) in [6.45, 7) is 2.06. The molecule has 4 aromatic rings. The molecule has 2 heterocycles. The highest BCUT2D eigenvalue weighted by Gasteiger charge is 2.17. The number of rotatable bonds is 6. The zero-order valence-electron chi connectivity index (χ0n) is 17.9. The fraction of sp³-hybridized carbons (Fsp3) is 0.200. The van der Waals surface area contributed by atoms with Crippen molar-refractivity contribution in [3.05, 3.63) is 99.5 Å². The van der Waals surface area contributed by atoms with Crippen LogP contribution in [0.15, 0.2) is 76.6 Å². The summed E-state index contributed by atoms with van der Waals surface area (Å²) in [6.07, 6.45) is 3.91. The lowest BCUT2D eigenvalue weighted by Crippen LogP contribution is -2.25. The normalized spacial score (nSPS) is 11.7. The molecule has 0 unspecified atom stereocenters. The fourth-order valence-electron chi connectivity index (χ4n) is 3.83. The number of nitrogens with zero attached hydrogens (tertiary/aromatic N) is 2. The Morgan fingerprint density at radius 2 is 1.66 bits per heavy atom. The van der Waals surface area contributed by atoms with Gasteiger partial charge in [0.1, 0.15) is 5.52 Å². The van der Waals surface area contributed by atoms with Gasteiger partial charge in [0.05, 0.1) is 22.5 Å². The molecule has 0 radical (unpaired) electrons. The first-order chi connectivity index (χ1) is 15.3. The molecule has 2 aromatic heterocycles. The standard InChI is InChI=1S/C25H24N2O4S/c1-3-21-24(28)23-22(14-19(15-26-23)13-17-7-5-4-6-8-17)27(25(21)29)16-18-9-11-20(12-10-18)32(2,30)31/h4-12,14-15,28H,3,13,16H2,1-2H3. The molecule has 32 heavy (non-hydrogen) atoms. The Labute approximate surface area is 186 Å². The van der Waals surface area contributed by atoms with Gasteiger partial charge in [0.2, 0.25) is 0 Å². The Balaban J connectivity index is 1.83. The Bertz CT molecular complexity index is 1440. The molecule has 0 aliphatic rings. The molecule has 0 spiro atoms. The summed E-state index contributed by atoms with van der Waals surface area (Å²) in [6, 6.07) is 18.3. The van der Waals surface area contributed by atoms with Crippen LogP contribution in [0.5, 0.6) is 5.75 Å². The number of hydrogen-bond donors (Lipinski definition) is 1. The van der Waals surface area contributed by atoms with Crippen molar-refractivity contribution in [3.63, 3.8) is 0 Å². The van der Waals surface area contributed by atoms with Gasteiger partial charge >= 0.3 is 0 Å². The molecule has 164 valence electrons. The molecule has 0 amide bonds. The Kier molecular flexibility index (Phi) is 5.84. The summed E-state index contributed by atoms with van der Waals surface area (Å²) < 4.78 is 25.1. The van der Waals surface area contributed by atoms with E-state index in [1.807, 2.05) is 43.3 Å². The van der Waals surface area contributed by atoms with E-state index in [1.165, 1.54) is 12.1 Å². The van der Waals surface area contributed by atoms with Crippen molar-refractivity contribution in [2.45, 2.75) is 31.2 Å². The second-order valence-corrected chi connectivity index (χ2v) is 9.88. The smallest absolute Gasteiger partial charge is 0.258 e. The molecule has 7 heteroatoms. The molecule has 1 N–H and O–H groups in total. The zero-order chi connectivity index (χ0) is 22.9. The van der Waals surface area contributed by atoms with Crippen LogP contribution < -0.4 is 5.56 Å². The van der Waals surface area contributed by atoms with Gasteiger partial charge in [-0.1, -0.05) is 49.4 Å². The largest absolute Gasteiger partial charge is 0.505 e. The fourth-order valence-corrected chi connectivity index (χ4v) is 4.46. The van der Waals surface area contributed by atoms with Gasteiger partial charge in [0.25, 0.3) is 5.56 Å². The molecule has 4 rings (SSSR count). The highest BCUT2D eigenvalue weighted by molar-refractivity contribution is 7.90. The van der Waals surface area contributed by atoms with Gasteiger partial charge in [0.15, 0.2) is 15.6 Å². The minimum absolute atomic E-state index is 0.0811. The van der Waals surface area contributed by atoms with E-state index in [0.29, 0.717) is 29.4 Å². The lowest BCUT2D eigenvalue weighted by atomic mass is 10.0. The van der Waals surface area contributed by atoms with E-state index in [2.05, 4.69) is 4.98 Å². The number of fused-ring (bicyclic) bond motifs is 1. The first-order valence-corrected chi connectivity index (χ1v) is 12.2. The maximum absolute atomic E-state index is 13.2. The third-order valence-corrected chi connectivity index (χ3v) is 6.65. The van der Waals surface area contributed by atoms with Crippen LogP contribution in [0.4, 0.5) is 0 Å². The monoisotopic (exact) mass is 448 g/mol. The SMILES string of the molecule is CCc1c(O)c2ncc(Cc3ccccc3)cc2n(Cc2ccc(S(C)(=O)=O)cc2)c1=O. The summed E-state index contributed by atoms with van der Waals surface area (Å²) in [5.74, 6) is -0.0811. The highest BCUT2D eigenvalue weighted by atomic mass is 32.2. The maximum atomic E-state index is 13.2. The van der Waals surface area contributed by atoms with E-state index in [4.69, 9.17) is 0 Å². The minimum atomic E-state index is -3.30. The molecule has 0 saturated carbocycles. The first-order valence-electron chi connectivity index (χ1n) is 10.3. The maximum Gasteiger partial charge on any atom is 0.258 e. The van der Waals surface area contributed by atoms with E-state index < -0.39 is 9.84 Å². The van der Waals surface area contributed by atoms with E-state index in [9.17, 15) is 18.3 Å². The summed E-state index contributed by atoms with van der Waals surface area (Å²) >= 11 is 0. The predicted molar refractivity (Wildman–Crippen MR) is 125 cm³/mol. The van der Waals surface area contributed by atoms with Crippen LogP contribution >= 0.6 is 0 Å². The quantitative estimate of drug-likeness (QED) is 0.486. The number of hydrogen-bond acceptors (Lipinski definition) is 5. The number of sulfone groups is 1. The zero-order valence-corrected chi connectivity index (χ0v) is 18.8.